The summed E-state index contributed by atoms with van der Waals surface area (Å²) in [6.45, 7) is 2.01. The van der Waals surface area contributed by atoms with Crippen LogP contribution in [0.2, 0.25) is 0 Å². The fraction of sp³-hybridized carbons (Fsp3) is 0.625. The van der Waals surface area contributed by atoms with Gasteiger partial charge in [0, 0.05) is 12.2 Å². The van der Waals surface area contributed by atoms with Gasteiger partial charge in [-0.3, -0.25) is 4.79 Å². The number of carbonyl (C=O) groups excluding carboxylic acids is 1. The first-order valence-electron chi connectivity index (χ1n) is 4.34. The zero-order valence-corrected chi connectivity index (χ0v) is 11.6. The second-order valence-electron chi connectivity index (χ2n) is 2.63. The summed E-state index contributed by atoms with van der Waals surface area (Å²) >= 11 is 6.12. The molecule has 0 fully saturated rings. The molecule has 1 aromatic rings. The predicted octanol–water partition coefficient (Wildman–Crippen LogP) is 2.13. The van der Waals surface area contributed by atoms with E-state index in [2.05, 4.69) is 30.0 Å². The van der Waals surface area contributed by atoms with Crippen LogP contribution in [0.5, 0.6) is 0 Å². The molecule has 0 bridgehead atoms. The van der Waals surface area contributed by atoms with E-state index in [1.807, 2.05) is 6.92 Å². The Morgan fingerprint density at radius 3 is 3.00 bits per heavy atom. The monoisotopic (exact) mass is 310 g/mol. The first-order chi connectivity index (χ1) is 7.17. The Labute approximate surface area is 105 Å². The Morgan fingerprint density at radius 2 is 2.47 bits per heavy atom. The largest absolute Gasteiger partial charge is 0.468 e. The van der Waals surface area contributed by atoms with Gasteiger partial charge in [-0.25, -0.2) is 4.98 Å². The van der Waals surface area contributed by atoms with Crippen LogP contribution in [0.25, 0.3) is 0 Å². The number of nitrogens with zero attached hydrogens (tertiary/aromatic N) is 2. The summed E-state index contributed by atoms with van der Waals surface area (Å²) in [5.74, 6) is 1.19. The summed E-state index contributed by atoms with van der Waals surface area (Å²) in [6.07, 6.45) is 0.839. The van der Waals surface area contributed by atoms with E-state index in [1.54, 1.807) is 0 Å². The molecule has 0 saturated carbocycles. The molecule has 0 aliphatic carbocycles. The van der Waals surface area contributed by atoms with Crippen molar-refractivity contribution >= 4 is 45.2 Å². The third kappa shape index (κ3) is 4.08. The maximum atomic E-state index is 11.1. The van der Waals surface area contributed by atoms with Crippen molar-refractivity contribution in [1.82, 2.24) is 9.36 Å². The number of carbonyl (C=O) groups is 1. The van der Waals surface area contributed by atoms with Gasteiger partial charge in [-0.05, 0) is 11.5 Å². The van der Waals surface area contributed by atoms with Gasteiger partial charge < -0.3 is 4.74 Å². The molecule has 0 radical (unpaired) electrons. The minimum atomic E-state index is -0.290. The van der Waals surface area contributed by atoms with Crippen molar-refractivity contribution < 1.29 is 9.53 Å². The number of ether oxygens (including phenoxy) is 1. The number of alkyl halides is 1. The molecule has 0 amide bonds. The maximum absolute atomic E-state index is 11.1. The highest BCUT2D eigenvalue weighted by atomic mass is 79.9. The van der Waals surface area contributed by atoms with Crippen LogP contribution < -0.4 is 0 Å². The van der Waals surface area contributed by atoms with E-state index in [4.69, 9.17) is 0 Å². The second kappa shape index (κ2) is 6.44. The van der Waals surface area contributed by atoms with Crippen LogP contribution in [-0.4, -0.2) is 33.0 Å². The number of methoxy groups -OCH3 is 1. The van der Waals surface area contributed by atoms with Gasteiger partial charge in [0.2, 0.25) is 0 Å². The van der Waals surface area contributed by atoms with Crippen molar-refractivity contribution in [1.29, 1.82) is 0 Å². The molecular formula is C8H11BrN2O2S2. The van der Waals surface area contributed by atoms with Gasteiger partial charge in [-0.15, -0.1) is 0 Å². The summed E-state index contributed by atoms with van der Waals surface area (Å²) in [5.41, 5.74) is 0. The average molecular weight is 311 g/mol. The number of aryl methyl sites for hydroxylation is 1. The van der Waals surface area contributed by atoms with Gasteiger partial charge >= 0.3 is 5.97 Å². The van der Waals surface area contributed by atoms with Crippen LogP contribution >= 0.6 is 39.2 Å². The molecule has 0 N–H and O–H groups in total. The summed E-state index contributed by atoms with van der Waals surface area (Å²) in [5, 5.41) is 0. The number of esters is 1. The van der Waals surface area contributed by atoms with Gasteiger partial charge in [0.1, 0.15) is 10.7 Å². The standard InChI is InChI=1S/C8H11BrN2O2S2/c1-3-6-10-8(15-11-6)14-4-5(9)7(12)13-2/h5H,3-4H2,1-2H3. The summed E-state index contributed by atoms with van der Waals surface area (Å²) in [7, 11) is 1.38. The third-order valence-electron chi connectivity index (χ3n) is 1.58. The van der Waals surface area contributed by atoms with Crippen molar-refractivity contribution in [2.75, 3.05) is 12.9 Å². The molecule has 1 heterocycles. The maximum Gasteiger partial charge on any atom is 0.320 e. The highest BCUT2D eigenvalue weighted by Gasteiger charge is 2.16. The van der Waals surface area contributed by atoms with E-state index >= 15 is 0 Å². The Kier molecular flexibility index (Phi) is 5.55. The van der Waals surface area contributed by atoms with Gasteiger partial charge in [0.15, 0.2) is 4.34 Å². The molecule has 1 unspecified atom stereocenters. The fourth-order valence-corrected chi connectivity index (χ4v) is 2.99. The molecule has 4 nitrogen and oxygen atoms in total. The van der Waals surface area contributed by atoms with E-state index in [1.165, 1.54) is 30.4 Å². The SMILES string of the molecule is CCc1nsc(SCC(Br)C(=O)OC)n1. The topological polar surface area (TPSA) is 52.1 Å². The molecular weight excluding hydrogens is 300 g/mol. The Balaban J connectivity index is 2.39. The molecule has 7 heteroatoms. The van der Waals surface area contributed by atoms with Crippen LogP contribution in [-0.2, 0) is 16.0 Å². The molecule has 15 heavy (non-hydrogen) atoms. The molecule has 84 valence electrons. The lowest BCUT2D eigenvalue weighted by Gasteiger charge is -2.04. The molecule has 1 rings (SSSR count). The van der Waals surface area contributed by atoms with Crippen molar-refractivity contribution in [3.8, 4) is 0 Å². The first-order valence-corrected chi connectivity index (χ1v) is 7.02. The van der Waals surface area contributed by atoms with Crippen LogP contribution in [0.4, 0.5) is 0 Å². The minimum absolute atomic E-state index is 0.261. The van der Waals surface area contributed by atoms with E-state index in [0.29, 0.717) is 5.75 Å². The zero-order chi connectivity index (χ0) is 11.3. The number of hydrogen-bond acceptors (Lipinski definition) is 6. The van der Waals surface area contributed by atoms with E-state index < -0.39 is 0 Å². The predicted molar refractivity (Wildman–Crippen MR) is 64.7 cm³/mol. The van der Waals surface area contributed by atoms with Crippen LogP contribution in [0.15, 0.2) is 4.34 Å². The second-order valence-corrected chi connectivity index (χ2v) is 5.76. The first kappa shape index (κ1) is 12.9. The lowest BCUT2D eigenvalue weighted by Crippen LogP contribution is -2.17. The molecule has 0 spiro atoms. The highest BCUT2D eigenvalue weighted by molar-refractivity contribution is 9.10. The van der Waals surface area contributed by atoms with Gasteiger partial charge in [0.25, 0.3) is 0 Å². The quantitative estimate of drug-likeness (QED) is 0.474. The zero-order valence-electron chi connectivity index (χ0n) is 8.40. The minimum Gasteiger partial charge on any atom is -0.468 e. The summed E-state index contributed by atoms with van der Waals surface area (Å²) < 4.78 is 9.64. The number of halogens is 1. The van der Waals surface area contributed by atoms with E-state index in [9.17, 15) is 4.79 Å². The van der Waals surface area contributed by atoms with Crippen molar-refractivity contribution in [2.45, 2.75) is 22.5 Å². The molecule has 1 atom stereocenters. The van der Waals surface area contributed by atoms with Gasteiger partial charge in [0.05, 0.1) is 7.11 Å². The lowest BCUT2D eigenvalue weighted by molar-refractivity contribution is -0.139. The Hall–Kier alpha value is -0.140. The highest BCUT2D eigenvalue weighted by Crippen LogP contribution is 2.23. The van der Waals surface area contributed by atoms with Gasteiger partial charge in [-0.2, -0.15) is 4.37 Å². The smallest absolute Gasteiger partial charge is 0.320 e. The molecule has 0 saturated heterocycles. The van der Waals surface area contributed by atoms with Crippen LogP contribution in [0.3, 0.4) is 0 Å². The summed E-state index contributed by atoms with van der Waals surface area (Å²) in [6, 6.07) is 0. The van der Waals surface area contributed by atoms with Crippen molar-refractivity contribution in [2.24, 2.45) is 0 Å². The number of hydrogen-bond donors (Lipinski definition) is 0. The van der Waals surface area contributed by atoms with Gasteiger partial charge in [-0.1, -0.05) is 34.6 Å². The molecule has 0 aliphatic rings. The average Bonchev–Trinajstić information content (AvgIpc) is 2.72. The fourth-order valence-electron chi connectivity index (χ4n) is 0.781. The molecule has 1 aromatic heterocycles. The Bertz CT molecular complexity index is 332. The van der Waals surface area contributed by atoms with Crippen molar-refractivity contribution in [3.63, 3.8) is 0 Å². The van der Waals surface area contributed by atoms with E-state index in [-0.39, 0.29) is 10.8 Å². The Morgan fingerprint density at radius 1 is 1.73 bits per heavy atom. The number of aromatic nitrogens is 2. The van der Waals surface area contributed by atoms with E-state index in [0.717, 1.165) is 16.6 Å². The normalized spacial score (nSPS) is 12.5. The van der Waals surface area contributed by atoms with Crippen LogP contribution in [0, 0.1) is 0 Å². The third-order valence-corrected chi connectivity index (χ3v) is 4.67. The number of rotatable bonds is 5. The number of thioether (sulfide) groups is 1. The molecule has 0 aromatic carbocycles. The van der Waals surface area contributed by atoms with Crippen LogP contribution in [0.1, 0.15) is 12.7 Å². The molecule has 0 aliphatic heterocycles. The summed E-state index contributed by atoms with van der Waals surface area (Å²) in [4.78, 5) is 15.1. The lowest BCUT2D eigenvalue weighted by atomic mass is 10.5. The van der Waals surface area contributed by atoms with Crippen molar-refractivity contribution in [3.05, 3.63) is 5.82 Å².